The highest BCUT2D eigenvalue weighted by atomic mass is 16.5. The third-order valence-corrected chi connectivity index (χ3v) is 2.27. The molecule has 0 atom stereocenters. The maximum absolute atomic E-state index is 5.74. The molecule has 0 radical (unpaired) electrons. The van der Waals surface area contributed by atoms with Crippen molar-refractivity contribution in [2.45, 2.75) is 20.3 Å². The lowest BCUT2D eigenvalue weighted by atomic mass is 10.2. The first-order valence-electron chi connectivity index (χ1n) is 5.41. The van der Waals surface area contributed by atoms with Gasteiger partial charge in [0.15, 0.2) is 0 Å². The quantitative estimate of drug-likeness (QED) is 0.557. The average Bonchev–Trinajstić information content (AvgIpc) is 2.23. The van der Waals surface area contributed by atoms with Crippen molar-refractivity contribution >= 4 is 11.4 Å². The molecule has 0 aliphatic heterocycles. The molecule has 3 heteroatoms. The summed E-state index contributed by atoms with van der Waals surface area (Å²) in [6, 6.07) is 6.00. The Labute approximate surface area is 91.6 Å². The molecule has 0 heterocycles. The first kappa shape index (κ1) is 11.9. The number of anilines is 2. The summed E-state index contributed by atoms with van der Waals surface area (Å²) in [5.41, 5.74) is 8.82. The van der Waals surface area contributed by atoms with E-state index >= 15 is 0 Å². The van der Waals surface area contributed by atoms with Gasteiger partial charge in [-0.25, -0.2) is 0 Å². The number of aryl methyl sites for hydroxylation is 1. The number of nitrogens with two attached hydrogens (primary N) is 1. The van der Waals surface area contributed by atoms with Gasteiger partial charge in [0, 0.05) is 31.1 Å². The fourth-order valence-electron chi connectivity index (χ4n) is 1.34. The molecule has 15 heavy (non-hydrogen) atoms. The van der Waals surface area contributed by atoms with Crippen LogP contribution in [0.5, 0.6) is 0 Å². The molecular formula is C12H20N2O. The van der Waals surface area contributed by atoms with Gasteiger partial charge in [-0.05, 0) is 44.0 Å². The highest BCUT2D eigenvalue weighted by Gasteiger charge is 1.95. The van der Waals surface area contributed by atoms with Crippen LogP contribution in [0.25, 0.3) is 0 Å². The summed E-state index contributed by atoms with van der Waals surface area (Å²) in [4.78, 5) is 0. The molecule has 0 spiro atoms. The standard InChI is InChI=1S/C12H20N2O/c1-3-15-8-4-7-14-11-5-6-12(13)10(2)9-11/h5-6,9,14H,3-4,7-8,13H2,1-2H3. The molecule has 1 rings (SSSR count). The van der Waals surface area contributed by atoms with Crippen molar-refractivity contribution in [2.75, 3.05) is 30.8 Å². The van der Waals surface area contributed by atoms with Gasteiger partial charge >= 0.3 is 0 Å². The average molecular weight is 208 g/mol. The Bertz CT molecular complexity index is 300. The van der Waals surface area contributed by atoms with Crippen molar-refractivity contribution in [1.82, 2.24) is 0 Å². The minimum Gasteiger partial charge on any atom is -0.399 e. The molecule has 3 N–H and O–H groups in total. The van der Waals surface area contributed by atoms with E-state index in [4.69, 9.17) is 10.5 Å². The van der Waals surface area contributed by atoms with Crippen LogP contribution in [0.4, 0.5) is 11.4 Å². The molecule has 0 bridgehead atoms. The van der Waals surface area contributed by atoms with E-state index in [-0.39, 0.29) is 0 Å². The highest BCUT2D eigenvalue weighted by molar-refractivity contribution is 5.56. The van der Waals surface area contributed by atoms with Crippen molar-refractivity contribution in [3.8, 4) is 0 Å². The van der Waals surface area contributed by atoms with Crippen LogP contribution in [0.3, 0.4) is 0 Å². The van der Waals surface area contributed by atoms with Crippen molar-refractivity contribution in [3.05, 3.63) is 23.8 Å². The molecule has 0 unspecified atom stereocenters. The van der Waals surface area contributed by atoms with Gasteiger partial charge in [0.05, 0.1) is 0 Å². The lowest BCUT2D eigenvalue weighted by molar-refractivity contribution is 0.147. The lowest BCUT2D eigenvalue weighted by Crippen LogP contribution is -2.06. The minimum atomic E-state index is 0.793. The Kier molecular flexibility index (Phi) is 4.98. The van der Waals surface area contributed by atoms with Gasteiger partial charge in [-0.15, -0.1) is 0 Å². The van der Waals surface area contributed by atoms with Gasteiger partial charge in [-0.1, -0.05) is 0 Å². The Morgan fingerprint density at radius 3 is 2.87 bits per heavy atom. The topological polar surface area (TPSA) is 47.3 Å². The first-order chi connectivity index (χ1) is 7.24. The van der Waals surface area contributed by atoms with E-state index in [1.807, 2.05) is 26.0 Å². The zero-order valence-corrected chi connectivity index (χ0v) is 9.55. The monoisotopic (exact) mass is 208 g/mol. The van der Waals surface area contributed by atoms with Crippen molar-refractivity contribution < 1.29 is 4.74 Å². The number of hydrogen-bond acceptors (Lipinski definition) is 3. The van der Waals surface area contributed by atoms with E-state index in [1.165, 1.54) is 0 Å². The predicted molar refractivity (Wildman–Crippen MR) is 65.2 cm³/mol. The molecular weight excluding hydrogens is 188 g/mol. The fourth-order valence-corrected chi connectivity index (χ4v) is 1.34. The van der Waals surface area contributed by atoms with Crippen LogP contribution in [0.2, 0.25) is 0 Å². The summed E-state index contributed by atoms with van der Waals surface area (Å²) in [5.74, 6) is 0. The second-order valence-corrected chi connectivity index (χ2v) is 3.55. The second kappa shape index (κ2) is 6.30. The van der Waals surface area contributed by atoms with Gasteiger partial charge < -0.3 is 15.8 Å². The summed E-state index contributed by atoms with van der Waals surface area (Å²) >= 11 is 0. The molecule has 3 nitrogen and oxygen atoms in total. The Balaban J connectivity index is 2.28. The van der Waals surface area contributed by atoms with Crippen LogP contribution >= 0.6 is 0 Å². The number of hydrogen-bond donors (Lipinski definition) is 2. The molecule has 0 saturated heterocycles. The minimum absolute atomic E-state index is 0.793. The number of nitrogen functional groups attached to an aromatic ring is 1. The molecule has 0 saturated carbocycles. The molecule has 84 valence electrons. The second-order valence-electron chi connectivity index (χ2n) is 3.55. The SMILES string of the molecule is CCOCCCNc1ccc(N)c(C)c1. The Morgan fingerprint density at radius 2 is 2.20 bits per heavy atom. The van der Waals surface area contributed by atoms with Crippen LogP contribution in [-0.4, -0.2) is 19.8 Å². The Morgan fingerprint density at radius 1 is 1.40 bits per heavy atom. The summed E-state index contributed by atoms with van der Waals surface area (Å²) in [6.45, 7) is 6.57. The van der Waals surface area contributed by atoms with Gasteiger partial charge in [-0.2, -0.15) is 0 Å². The van der Waals surface area contributed by atoms with Gasteiger partial charge in [-0.3, -0.25) is 0 Å². The van der Waals surface area contributed by atoms with Crippen molar-refractivity contribution in [1.29, 1.82) is 0 Å². The van der Waals surface area contributed by atoms with Crippen LogP contribution in [0.1, 0.15) is 18.9 Å². The van der Waals surface area contributed by atoms with Crippen molar-refractivity contribution in [2.24, 2.45) is 0 Å². The van der Waals surface area contributed by atoms with Gasteiger partial charge in [0.2, 0.25) is 0 Å². The number of rotatable bonds is 6. The normalized spacial score (nSPS) is 10.3. The molecule has 0 amide bonds. The largest absolute Gasteiger partial charge is 0.399 e. The summed E-state index contributed by atoms with van der Waals surface area (Å²) in [6.07, 6.45) is 1.03. The fraction of sp³-hybridized carbons (Fsp3) is 0.500. The predicted octanol–water partition coefficient (Wildman–Crippen LogP) is 2.42. The summed E-state index contributed by atoms with van der Waals surface area (Å²) in [5, 5.41) is 3.34. The molecule has 1 aromatic rings. The van der Waals surface area contributed by atoms with E-state index < -0.39 is 0 Å². The van der Waals surface area contributed by atoms with Crippen LogP contribution in [-0.2, 0) is 4.74 Å². The molecule has 1 aromatic carbocycles. The third-order valence-electron chi connectivity index (χ3n) is 2.27. The third kappa shape index (κ3) is 4.21. The highest BCUT2D eigenvalue weighted by Crippen LogP contribution is 2.16. The molecule has 0 fully saturated rings. The van der Waals surface area contributed by atoms with Crippen LogP contribution < -0.4 is 11.1 Å². The van der Waals surface area contributed by atoms with Gasteiger partial charge in [0.1, 0.15) is 0 Å². The van der Waals surface area contributed by atoms with E-state index in [0.717, 1.165) is 43.1 Å². The molecule has 0 aliphatic rings. The number of benzene rings is 1. The van der Waals surface area contributed by atoms with E-state index in [2.05, 4.69) is 11.4 Å². The number of nitrogens with one attached hydrogen (secondary N) is 1. The Hall–Kier alpha value is -1.22. The summed E-state index contributed by atoms with van der Waals surface area (Å²) in [7, 11) is 0. The number of ether oxygens (including phenoxy) is 1. The van der Waals surface area contributed by atoms with E-state index in [9.17, 15) is 0 Å². The maximum atomic E-state index is 5.74. The van der Waals surface area contributed by atoms with Crippen molar-refractivity contribution in [3.63, 3.8) is 0 Å². The van der Waals surface area contributed by atoms with E-state index in [0.29, 0.717) is 0 Å². The zero-order chi connectivity index (χ0) is 11.1. The first-order valence-corrected chi connectivity index (χ1v) is 5.41. The zero-order valence-electron chi connectivity index (χ0n) is 9.55. The lowest BCUT2D eigenvalue weighted by Gasteiger charge is -2.08. The molecule has 0 aromatic heterocycles. The van der Waals surface area contributed by atoms with E-state index in [1.54, 1.807) is 0 Å². The maximum Gasteiger partial charge on any atom is 0.0482 e. The smallest absolute Gasteiger partial charge is 0.0482 e. The van der Waals surface area contributed by atoms with Gasteiger partial charge in [0.25, 0.3) is 0 Å². The van der Waals surface area contributed by atoms with Crippen LogP contribution in [0.15, 0.2) is 18.2 Å². The summed E-state index contributed by atoms with van der Waals surface area (Å²) < 4.78 is 5.25. The van der Waals surface area contributed by atoms with Crippen LogP contribution in [0, 0.1) is 6.92 Å². The molecule has 0 aliphatic carbocycles.